The summed E-state index contributed by atoms with van der Waals surface area (Å²) in [6.45, 7) is 2.09. The van der Waals surface area contributed by atoms with Gasteiger partial charge in [0.2, 0.25) is 11.9 Å². The molecule has 1 aliphatic heterocycles. The summed E-state index contributed by atoms with van der Waals surface area (Å²) in [5, 5.41) is 5.89. The van der Waals surface area contributed by atoms with Gasteiger partial charge in [0, 0.05) is 11.1 Å². The van der Waals surface area contributed by atoms with E-state index in [9.17, 15) is 18.0 Å². The van der Waals surface area contributed by atoms with Crippen molar-refractivity contribution >= 4 is 34.7 Å². The van der Waals surface area contributed by atoms with Crippen LogP contribution >= 0.6 is 11.3 Å². The number of fused-ring (bicyclic) bond motifs is 1. The molecule has 150 valence electrons. The number of thiophene rings is 1. The fourth-order valence-corrected chi connectivity index (χ4v) is 3.85. The summed E-state index contributed by atoms with van der Waals surface area (Å²) in [7, 11) is 0. The predicted molar refractivity (Wildman–Crippen MR) is 105 cm³/mol. The van der Waals surface area contributed by atoms with Gasteiger partial charge in [0.15, 0.2) is 0 Å². The summed E-state index contributed by atoms with van der Waals surface area (Å²) in [5.41, 5.74) is 4.20. The summed E-state index contributed by atoms with van der Waals surface area (Å²) in [6.07, 6.45) is -3.70. The van der Waals surface area contributed by atoms with Gasteiger partial charge in [-0.25, -0.2) is 9.99 Å². The molecule has 10 heteroatoms. The first kappa shape index (κ1) is 19.2. The van der Waals surface area contributed by atoms with Crippen molar-refractivity contribution in [3.63, 3.8) is 0 Å². The average molecular weight is 419 g/mol. The van der Waals surface area contributed by atoms with Crippen molar-refractivity contribution in [3.05, 3.63) is 63.5 Å². The van der Waals surface area contributed by atoms with Crippen LogP contribution in [0.15, 0.2) is 41.9 Å². The van der Waals surface area contributed by atoms with Crippen LogP contribution in [0.4, 0.5) is 30.6 Å². The number of aryl methyl sites for hydroxylation is 1. The standard InChI is InChI=1S/C19H16F3N5OS/c1-11-6-7-29-15(11)10-23-17-13(19(20,21)22)9-24-18(25-17)26-27-14-5-3-2-4-12(14)8-16(27)28/h2-7,9H,8,10H2,1H3,(H2,23,24,25,26). The quantitative estimate of drug-likeness (QED) is 0.642. The highest BCUT2D eigenvalue weighted by Gasteiger charge is 2.36. The summed E-state index contributed by atoms with van der Waals surface area (Å²) in [4.78, 5) is 21.0. The van der Waals surface area contributed by atoms with Crippen LogP contribution < -0.4 is 15.8 Å². The monoisotopic (exact) mass is 419 g/mol. The van der Waals surface area contributed by atoms with E-state index in [1.807, 2.05) is 30.5 Å². The number of hydrazine groups is 1. The lowest BCUT2D eigenvalue weighted by atomic mass is 10.2. The maximum atomic E-state index is 13.4. The number of hydrogen-bond acceptors (Lipinski definition) is 6. The molecule has 3 heterocycles. The molecule has 6 nitrogen and oxygen atoms in total. The number of nitrogens with one attached hydrogen (secondary N) is 2. The van der Waals surface area contributed by atoms with Gasteiger partial charge in [-0.1, -0.05) is 18.2 Å². The second-order valence-corrected chi connectivity index (χ2v) is 7.48. The molecule has 0 bridgehead atoms. The second kappa shape index (κ2) is 7.36. The number of carbonyl (C=O) groups is 1. The number of amides is 1. The number of para-hydroxylation sites is 1. The minimum absolute atomic E-state index is 0.103. The van der Waals surface area contributed by atoms with Gasteiger partial charge in [-0.3, -0.25) is 10.2 Å². The van der Waals surface area contributed by atoms with Crippen LogP contribution in [0.5, 0.6) is 0 Å². The van der Waals surface area contributed by atoms with Gasteiger partial charge in [0.05, 0.1) is 18.7 Å². The Morgan fingerprint density at radius 1 is 1.24 bits per heavy atom. The van der Waals surface area contributed by atoms with Crippen molar-refractivity contribution in [2.75, 3.05) is 15.8 Å². The van der Waals surface area contributed by atoms with Crippen LogP contribution in [0.25, 0.3) is 0 Å². The molecular formula is C19H16F3N5OS. The van der Waals surface area contributed by atoms with Crippen molar-refractivity contribution in [1.29, 1.82) is 0 Å². The molecule has 0 atom stereocenters. The lowest BCUT2D eigenvalue weighted by molar-refractivity contribution is -0.137. The van der Waals surface area contributed by atoms with Gasteiger partial charge in [-0.2, -0.15) is 18.2 Å². The first-order valence-electron chi connectivity index (χ1n) is 8.71. The Morgan fingerprint density at radius 3 is 2.76 bits per heavy atom. The van der Waals surface area contributed by atoms with Gasteiger partial charge in [0.1, 0.15) is 11.4 Å². The largest absolute Gasteiger partial charge is 0.421 e. The first-order valence-corrected chi connectivity index (χ1v) is 9.59. The van der Waals surface area contributed by atoms with Crippen molar-refractivity contribution in [2.24, 2.45) is 0 Å². The Labute approximate surface area is 168 Å². The van der Waals surface area contributed by atoms with Crippen molar-refractivity contribution in [3.8, 4) is 0 Å². The van der Waals surface area contributed by atoms with E-state index >= 15 is 0 Å². The number of alkyl halides is 3. The third-order valence-corrected chi connectivity index (χ3v) is 5.54. The lowest BCUT2D eigenvalue weighted by Crippen LogP contribution is -2.34. The Morgan fingerprint density at radius 2 is 2.03 bits per heavy atom. The summed E-state index contributed by atoms with van der Waals surface area (Å²) in [5.74, 6) is -0.686. The number of rotatable bonds is 5. The smallest absolute Gasteiger partial charge is 0.364 e. The summed E-state index contributed by atoms with van der Waals surface area (Å²) in [6, 6.07) is 9.06. The highest BCUT2D eigenvalue weighted by atomic mass is 32.1. The number of hydrogen-bond donors (Lipinski definition) is 2. The maximum Gasteiger partial charge on any atom is 0.421 e. The molecule has 0 fully saturated rings. The second-order valence-electron chi connectivity index (χ2n) is 6.48. The van der Waals surface area contributed by atoms with E-state index < -0.39 is 11.7 Å². The van der Waals surface area contributed by atoms with Gasteiger partial charge < -0.3 is 5.32 Å². The first-order chi connectivity index (χ1) is 13.8. The number of aromatic nitrogens is 2. The number of carbonyl (C=O) groups excluding carboxylic acids is 1. The molecule has 0 unspecified atom stereocenters. The molecule has 0 spiro atoms. The molecule has 1 aromatic carbocycles. The van der Waals surface area contributed by atoms with E-state index in [1.54, 1.807) is 12.1 Å². The molecule has 0 radical (unpaired) electrons. The van der Waals surface area contributed by atoms with E-state index in [1.165, 1.54) is 16.3 Å². The van der Waals surface area contributed by atoms with Crippen molar-refractivity contribution < 1.29 is 18.0 Å². The molecule has 0 saturated carbocycles. The molecule has 1 amide bonds. The van der Waals surface area contributed by atoms with E-state index in [0.717, 1.165) is 16.0 Å². The number of anilines is 3. The zero-order valence-electron chi connectivity index (χ0n) is 15.2. The average Bonchev–Trinajstić information content (AvgIpc) is 3.22. The summed E-state index contributed by atoms with van der Waals surface area (Å²) < 4.78 is 40.2. The normalized spacial score (nSPS) is 13.5. The van der Waals surface area contributed by atoms with Crippen LogP contribution in [0.3, 0.4) is 0 Å². The van der Waals surface area contributed by atoms with Crippen LogP contribution in [-0.4, -0.2) is 15.9 Å². The SMILES string of the molecule is Cc1ccsc1CNc1nc(NN2C(=O)Cc3ccccc32)ncc1C(F)(F)F. The molecule has 2 N–H and O–H groups in total. The highest BCUT2D eigenvalue weighted by molar-refractivity contribution is 7.10. The lowest BCUT2D eigenvalue weighted by Gasteiger charge is -2.20. The van der Waals surface area contributed by atoms with E-state index in [4.69, 9.17) is 0 Å². The summed E-state index contributed by atoms with van der Waals surface area (Å²) >= 11 is 1.45. The molecule has 0 aliphatic carbocycles. The maximum absolute atomic E-state index is 13.4. The Bertz CT molecular complexity index is 1070. The molecule has 29 heavy (non-hydrogen) atoms. The van der Waals surface area contributed by atoms with Crippen molar-refractivity contribution in [2.45, 2.75) is 26.1 Å². The molecule has 0 saturated heterocycles. The Hall–Kier alpha value is -3.14. The number of halogens is 3. The van der Waals surface area contributed by atoms with Crippen LogP contribution in [0.1, 0.15) is 21.6 Å². The topological polar surface area (TPSA) is 70.2 Å². The fourth-order valence-electron chi connectivity index (χ4n) is 3.00. The van der Waals surface area contributed by atoms with Gasteiger partial charge in [-0.05, 0) is 35.6 Å². The third kappa shape index (κ3) is 3.88. The van der Waals surface area contributed by atoms with E-state index in [2.05, 4.69) is 20.7 Å². The highest BCUT2D eigenvalue weighted by Crippen LogP contribution is 2.35. The van der Waals surface area contributed by atoms with Gasteiger partial charge in [-0.15, -0.1) is 11.3 Å². The minimum Gasteiger partial charge on any atom is -0.364 e. The zero-order valence-corrected chi connectivity index (χ0v) is 16.1. The van der Waals surface area contributed by atoms with Gasteiger partial charge in [0.25, 0.3) is 0 Å². The number of nitrogens with zero attached hydrogens (tertiary/aromatic N) is 3. The van der Waals surface area contributed by atoms with E-state index in [-0.39, 0.29) is 30.6 Å². The van der Waals surface area contributed by atoms with Crippen LogP contribution in [0.2, 0.25) is 0 Å². The van der Waals surface area contributed by atoms with Crippen LogP contribution in [0, 0.1) is 6.92 Å². The number of benzene rings is 1. The molecule has 3 aromatic rings. The molecule has 4 rings (SSSR count). The predicted octanol–water partition coefficient (Wildman–Crippen LogP) is 4.39. The Balaban J connectivity index is 1.61. The van der Waals surface area contributed by atoms with Gasteiger partial charge >= 0.3 is 6.18 Å². The fraction of sp³-hybridized carbons (Fsp3) is 0.211. The Kier molecular flexibility index (Phi) is 4.87. The molecule has 2 aromatic heterocycles. The van der Waals surface area contributed by atoms with Crippen molar-refractivity contribution in [1.82, 2.24) is 9.97 Å². The zero-order chi connectivity index (χ0) is 20.6. The molecular weight excluding hydrogens is 403 g/mol. The van der Waals surface area contributed by atoms with E-state index in [0.29, 0.717) is 11.9 Å². The third-order valence-electron chi connectivity index (χ3n) is 4.51. The minimum atomic E-state index is -4.61. The van der Waals surface area contributed by atoms with Crippen LogP contribution in [-0.2, 0) is 23.9 Å². The molecule has 1 aliphatic rings.